The van der Waals surface area contributed by atoms with E-state index in [1.807, 2.05) is 33.8 Å². The second-order valence-electron chi connectivity index (χ2n) is 7.58. The molecule has 0 radical (unpaired) electrons. The third-order valence-corrected chi connectivity index (χ3v) is 4.75. The first kappa shape index (κ1) is 25.3. The fourth-order valence-corrected chi connectivity index (χ4v) is 2.72. The fraction of sp³-hybridized carbons (Fsp3) is 0.591. The standard InChI is InChI=1S/C22H34N4O4/c1-7-15(5)19(21(28)25-16(6)22(29)30-8-2)26-20(27)18(14(3)4)24-13-17-11-9-10-12-23-17/h9-16,18-19H,7-8H2,1-6H3,(H,25,28)(H,26,27)/t15-,16-,18-,19-/m0/s1. The van der Waals surface area contributed by atoms with Crippen LogP contribution in [0.4, 0.5) is 0 Å². The molecule has 0 aromatic carbocycles. The zero-order valence-electron chi connectivity index (χ0n) is 18.7. The Balaban J connectivity index is 2.92. The number of aromatic nitrogens is 1. The molecule has 2 amide bonds. The van der Waals surface area contributed by atoms with Crippen LogP contribution in [-0.2, 0) is 19.1 Å². The van der Waals surface area contributed by atoms with Gasteiger partial charge >= 0.3 is 5.97 Å². The molecule has 0 bridgehead atoms. The smallest absolute Gasteiger partial charge is 0.328 e. The van der Waals surface area contributed by atoms with E-state index < -0.39 is 30.0 Å². The number of carbonyl (C=O) groups excluding carboxylic acids is 3. The van der Waals surface area contributed by atoms with Gasteiger partial charge < -0.3 is 15.4 Å². The van der Waals surface area contributed by atoms with E-state index in [0.29, 0.717) is 12.1 Å². The molecule has 4 atom stereocenters. The van der Waals surface area contributed by atoms with Crippen LogP contribution in [0.25, 0.3) is 0 Å². The molecule has 1 aromatic heterocycles. The minimum Gasteiger partial charge on any atom is -0.464 e. The van der Waals surface area contributed by atoms with Crippen LogP contribution in [-0.4, -0.2) is 53.7 Å². The van der Waals surface area contributed by atoms with Crippen LogP contribution in [0.1, 0.15) is 53.7 Å². The van der Waals surface area contributed by atoms with E-state index in [-0.39, 0.29) is 24.3 Å². The number of pyridine rings is 1. The van der Waals surface area contributed by atoms with Crippen molar-refractivity contribution in [1.82, 2.24) is 15.6 Å². The molecule has 0 aliphatic carbocycles. The predicted octanol–water partition coefficient (Wildman–Crippen LogP) is 2.12. The SMILES string of the molecule is CCOC(=O)[C@H](C)NC(=O)[C@@H](NC(=O)[C@@H](N=Cc1ccccn1)C(C)C)[C@@H](C)CC. The van der Waals surface area contributed by atoms with Crippen molar-refractivity contribution in [3.8, 4) is 0 Å². The molecule has 166 valence electrons. The van der Waals surface area contributed by atoms with Crippen LogP contribution in [0.2, 0.25) is 0 Å². The van der Waals surface area contributed by atoms with Crippen molar-refractivity contribution in [2.24, 2.45) is 16.8 Å². The minimum atomic E-state index is -0.802. The summed E-state index contributed by atoms with van der Waals surface area (Å²) in [6.45, 7) is 11.1. The first-order chi connectivity index (χ1) is 14.2. The van der Waals surface area contributed by atoms with Crippen molar-refractivity contribution < 1.29 is 19.1 Å². The van der Waals surface area contributed by atoms with E-state index in [9.17, 15) is 14.4 Å². The summed E-state index contributed by atoms with van der Waals surface area (Å²) in [5.74, 6) is -1.49. The van der Waals surface area contributed by atoms with Crippen molar-refractivity contribution in [1.29, 1.82) is 0 Å². The molecule has 8 heteroatoms. The lowest BCUT2D eigenvalue weighted by molar-refractivity contribution is -0.147. The molecule has 30 heavy (non-hydrogen) atoms. The second-order valence-corrected chi connectivity index (χ2v) is 7.58. The highest BCUT2D eigenvalue weighted by atomic mass is 16.5. The topological polar surface area (TPSA) is 110 Å². The predicted molar refractivity (Wildman–Crippen MR) is 116 cm³/mol. The number of nitrogens with zero attached hydrogens (tertiary/aromatic N) is 2. The summed E-state index contributed by atoms with van der Waals surface area (Å²) in [7, 11) is 0. The third-order valence-electron chi connectivity index (χ3n) is 4.75. The maximum Gasteiger partial charge on any atom is 0.328 e. The van der Waals surface area contributed by atoms with Gasteiger partial charge in [-0.15, -0.1) is 0 Å². The van der Waals surface area contributed by atoms with Crippen molar-refractivity contribution >= 4 is 24.0 Å². The molecule has 0 aliphatic rings. The monoisotopic (exact) mass is 418 g/mol. The molecule has 0 spiro atoms. The minimum absolute atomic E-state index is 0.0796. The molecule has 0 unspecified atom stereocenters. The Morgan fingerprint density at radius 1 is 1.10 bits per heavy atom. The third kappa shape index (κ3) is 7.93. The molecule has 0 saturated heterocycles. The zero-order chi connectivity index (χ0) is 22.7. The van der Waals surface area contributed by atoms with Crippen LogP contribution < -0.4 is 10.6 Å². The van der Waals surface area contributed by atoms with Crippen LogP contribution in [0.3, 0.4) is 0 Å². The maximum absolute atomic E-state index is 12.9. The average Bonchev–Trinajstić information content (AvgIpc) is 2.72. The van der Waals surface area contributed by atoms with Gasteiger partial charge in [-0.2, -0.15) is 0 Å². The van der Waals surface area contributed by atoms with Gasteiger partial charge in [0, 0.05) is 12.4 Å². The fourth-order valence-electron chi connectivity index (χ4n) is 2.72. The lowest BCUT2D eigenvalue weighted by Gasteiger charge is -2.27. The van der Waals surface area contributed by atoms with Crippen LogP contribution in [0.5, 0.6) is 0 Å². The molecule has 1 rings (SSSR count). The van der Waals surface area contributed by atoms with E-state index in [1.54, 1.807) is 38.4 Å². The van der Waals surface area contributed by atoms with E-state index in [4.69, 9.17) is 4.74 Å². The largest absolute Gasteiger partial charge is 0.464 e. The summed E-state index contributed by atoms with van der Waals surface area (Å²) in [5, 5.41) is 5.46. The Bertz CT molecular complexity index is 721. The number of hydrogen-bond donors (Lipinski definition) is 2. The Hall–Kier alpha value is -2.77. The van der Waals surface area contributed by atoms with Gasteiger partial charge in [-0.25, -0.2) is 4.79 Å². The molecule has 1 heterocycles. The number of carbonyl (C=O) groups is 3. The van der Waals surface area contributed by atoms with Crippen molar-refractivity contribution in [3.63, 3.8) is 0 Å². The van der Waals surface area contributed by atoms with Crippen molar-refractivity contribution in [2.75, 3.05) is 6.61 Å². The lowest BCUT2D eigenvalue weighted by atomic mass is 9.96. The number of amides is 2. The summed E-state index contributed by atoms with van der Waals surface area (Å²) in [6.07, 6.45) is 3.89. The summed E-state index contributed by atoms with van der Waals surface area (Å²) in [4.78, 5) is 46.1. The van der Waals surface area contributed by atoms with Gasteiger partial charge in [-0.3, -0.25) is 19.6 Å². The van der Waals surface area contributed by atoms with Gasteiger partial charge in [0.1, 0.15) is 18.1 Å². The molecule has 0 saturated carbocycles. The summed E-state index contributed by atoms with van der Waals surface area (Å²) in [6, 6.07) is 3.18. The first-order valence-corrected chi connectivity index (χ1v) is 10.4. The molecule has 0 aliphatic heterocycles. The highest BCUT2D eigenvalue weighted by molar-refractivity contribution is 5.93. The average molecular weight is 419 g/mol. The van der Waals surface area contributed by atoms with E-state index in [2.05, 4.69) is 20.6 Å². The molecule has 1 aromatic rings. The molecule has 2 N–H and O–H groups in total. The molecular weight excluding hydrogens is 384 g/mol. The van der Waals surface area contributed by atoms with E-state index in [0.717, 1.165) is 0 Å². The van der Waals surface area contributed by atoms with E-state index in [1.165, 1.54) is 0 Å². The first-order valence-electron chi connectivity index (χ1n) is 10.4. The summed E-state index contributed by atoms with van der Waals surface area (Å²) < 4.78 is 4.93. The number of nitrogens with one attached hydrogen (secondary N) is 2. The van der Waals surface area contributed by atoms with Gasteiger partial charge in [-0.1, -0.05) is 40.2 Å². The van der Waals surface area contributed by atoms with Crippen LogP contribution in [0.15, 0.2) is 29.4 Å². The molecule has 0 fully saturated rings. The summed E-state index contributed by atoms with van der Waals surface area (Å²) >= 11 is 0. The van der Waals surface area contributed by atoms with Crippen LogP contribution in [0, 0.1) is 11.8 Å². The maximum atomic E-state index is 12.9. The highest BCUT2D eigenvalue weighted by Gasteiger charge is 2.31. The van der Waals surface area contributed by atoms with Crippen molar-refractivity contribution in [2.45, 2.75) is 66.1 Å². The quantitative estimate of drug-likeness (QED) is 0.423. The number of aliphatic imine (C=N–C) groups is 1. The lowest BCUT2D eigenvalue weighted by Crippen LogP contribution is -2.55. The van der Waals surface area contributed by atoms with Gasteiger partial charge in [0.25, 0.3) is 0 Å². The Kier molecular flexibility index (Phi) is 10.7. The van der Waals surface area contributed by atoms with Gasteiger partial charge in [0.15, 0.2) is 0 Å². The highest BCUT2D eigenvalue weighted by Crippen LogP contribution is 2.12. The van der Waals surface area contributed by atoms with Gasteiger partial charge in [0.2, 0.25) is 11.8 Å². The number of esters is 1. The van der Waals surface area contributed by atoms with Gasteiger partial charge in [0.05, 0.1) is 12.3 Å². The van der Waals surface area contributed by atoms with E-state index >= 15 is 0 Å². The van der Waals surface area contributed by atoms with Crippen molar-refractivity contribution in [3.05, 3.63) is 30.1 Å². The van der Waals surface area contributed by atoms with Crippen LogP contribution >= 0.6 is 0 Å². The summed E-state index contributed by atoms with van der Waals surface area (Å²) in [5.41, 5.74) is 0.649. The Morgan fingerprint density at radius 2 is 1.80 bits per heavy atom. The van der Waals surface area contributed by atoms with Gasteiger partial charge in [-0.05, 0) is 37.8 Å². The normalized spacial score (nSPS) is 15.3. The Morgan fingerprint density at radius 3 is 2.33 bits per heavy atom. The number of hydrogen-bond acceptors (Lipinski definition) is 6. The number of rotatable bonds is 11. The molecular formula is C22H34N4O4. The Labute approximate surface area is 178 Å². The number of ether oxygens (including phenoxy) is 1. The second kappa shape index (κ2) is 12.7. The zero-order valence-corrected chi connectivity index (χ0v) is 18.7. The molecule has 8 nitrogen and oxygen atoms in total.